The molecule has 0 atom stereocenters. The summed E-state index contributed by atoms with van der Waals surface area (Å²) in [6.45, 7) is 0. The van der Waals surface area contributed by atoms with E-state index in [9.17, 15) is 0 Å². The second-order valence-corrected chi connectivity index (χ2v) is 12.6. The molecule has 0 aliphatic carbocycles. The molecule has 0 N–H and O–H groups in total. The van der Waals surface area contributed by atoms with Crippen molar-refractivity contribution in [1.82, 2.24) is 14.5 Å². The summed E-state index contributed by atoms with van der Waals surface area (Å²) in [7, 11) is 0. The Morgan fingerprint density at radius 2 is 0.898 bits per heavy atom. The second-order valence-electron chi connectivity index (χ2n) is 12.6. The third kappa shape index (κ3) is 4.51. The number of rotatable bonds is 4. The maximum absolute atomic E-state index is 5.21. The molecule has 0 aliphatic rings. The van der Waals surface area contributed by atoms with E-state index in [2.05, 4.69) is 174 Å². The van der Waals surface area contributed by atoms with Crippen molar-refractivity contribution in [2.75, 3.05) is 0 Å². The molecule has 2 aromatic heterocycles. The zero-order valence-corrected chi connectivity index (χ0v) is 26.6. The van der Waals surface area contributed by atoms with Crippen molar-refractivity contribution in [1.29, 1.82) is 0 Å². The van der Waals surface area contributed by atoms with Crippen LogP contribution in [0.25, 0.3) is 93.7 Å². The highest BCUT2D eigenvalue weighted by Gasteiger charge is 2.18. The molecule has 10 rings (SSSR count). The van der Waals surface area contributed by atoms with E-state index in [1.165, 1.54) is 54.1 Å². The van der Waals surface area contributed by atoms with Crippen molar-refractivity contribution in [3.8, 4) is 39.6 Å². The summed E-state index contributed by atoms with van der Waals surface area (Å²) in [4.78, 5) is 10.4. The molecule has 0 radical (unpaired) electrons. The standard InChI is InChI=1S/C46H29N3/c1-2-14-33(15-3-1)40-29-41(35-22-21-30-11-4-5-16-34(30)27-35)48-46(47-40)36-17-10-18-37(28-36)49-42-25-23-31-12-6-8-19-38(31)44(42)45-39-20-9-7-13-32(39)24-26-43(45)49/h1-29H. The third-order valence-corrected chi connectivity index (χ3v) is 9.75. The van der Waals surface area contributed by atoms with Gasteiger partial charge in [0.1, 0.15) is 0 Å². The molecule has 0 amide bonds. The lowest BCUT2D eigenvalue weighted by atomic mass is 10.00. The molecule has 3 nitrogen and oxygen atoms in total. The Labute approximate surface area is 283 Å². The number of fused-ring (bicyclic) bond motifs is 8. The van der Waals surface area contributed by atoms with Crippen LogP contribution in [0.5, 0.6) is 0 Å². The molecule has 0 saturated heterocycles. The number of nitrogens with zero attached hydrogens (tertiary/aromatic N) is 3. The summed E-state index contributed by atoms with van der Waals surface area (Å²) in [6.07, 6.45) is 0. The molecule has 228 valence electrons. The maximum atomic E-state index is 5.21. The summed E-state index contributed by atoms with van der Waals surface area (Å²) in [6, 6.07) is 62.6. The highest BCUT2D eigenvalue weighted by Crippen LogP contribution is 2.41. The van der Waals surface area contributed by atoms with Crippen LogP contribution in [0.3, 0.4) is 0 Å². The Bertz CT molecular complexity index is 2790. The lowest BCUT2D eigenvalue weighted by Gasteiger charge is -2.12. The van der Waals surface area contributed by atoms with E-state index in [1.807, 2.05) is 6.07 Å². The Morgan fingerprint density at radius 1 is 0.347 bits per heavy atom. The number of aromatic nitrogens is 3. The monoisotopic (exact) mass is 623 g/mol. The zero-order valence-electron chi connectivity index (χ0n) is 26.6. The van der Waals surface area contributed by atoms with E-state index in [1.54, 1.807) is 0 Å². The minimum Gasteiger partial charge on any atom is -0.309 e. The van der Waals surface area contributed by atoms with Gasteiger partial charge in [-0.25, -0.2) is 9.97 Å². The van der Waals surface area contributed by atoms with Gasteiger partial charge in [-0.2, -0.15) is 0 Å². The van der Waals surface area contributed by atoms with Crippen LogP contribution < -0.4 is 0 Å². The van der Waals surface area contributed by atoms with Gasteiger partial charge in [0, 0.05) is 33.2 Å². The Kier molecular flexibility index (Phi) is 6.18. The highest BCUT2D eigenvalue weighted by atomic mass is 15.0. The van der Waals surface area contributed by atoms with Crippen LogP contribution in [0.15, 0.2) is 176 Å². The van der Waals surface area contributed by atoms with Crippen LogP contribution in [-0.2, 0) is 0 Å². The van der Waals surface area contributed by atoms with Gasteiger partial charge in [-0.3, -0.25) is 0 Å². The zero-order chi connectivity index (χ0) is 32.3. The van der Waals surface area contributed by atoms with E-state index in [0.717, 1.165) is 33.8 Å². The molecule has 0 unspecified atom stereocenters. The number of hydrogen-bond donors (Lipinski definition) is 0. The van der Waals surface area contributed by atoms with Gasteiger partial charge >= 0.3 is 0 Å². The van der Waals surface area contributed by atoms with E-state index in [4.69, 9.17) is 9.97 Å². The van der Waals surface area contributed by atoms with Crippen LogP contribution in [-0.4, -0.2) is 14.5 Å². The predicted octanol–water partition coefficient (Wildman–Crippen LogP) is 12.0. The van der Waals surface area contributed by atoms with Crippen LogP contribution in [0, 0.1) is 0 Å². The van der Waals surface area contributed by atoms with E-state index in [-0.39, 0.29) is 0 Å². The molecule has 0 saturated carbocycles. The highest BCUT2D eigenvalue weighted by molar-refractivity contribution is 6.28. The first-order valence-corrected chi connectivity index (χ1v) is 16.7. The lowest BCUT2D eigenvalue weighted by molar-refractivity contribution is 1.16. The molecule has 0 spiro atoms. The SMILES string of the molecule is c1ccc(-c2cc(-c3ccc4ccccc4c3)nc(-c3cccc(-n4c5ccc6ccccc6c5c5c6ccccc6ccc54)c3)n2)cc1. The van der Waals surface area contributed by atoms with Gasteiger partial charge in [0.2, 0.25) is 0 Å². The summed E-state index contributed by atoms with van der Waals surface area (Å²) in [5.74, 6) is 0.697. The lowest BCUT2D eigenvalue weighted by Crippen LogP contribution is -1.98. The Hall–Kier alpha value is -6.58. The maximum Gasteiger partial charge on any atom is 0.160 e. The molecule has 10 aromatic rings. The normalized spacial score (nSPS) is 11.7. The first kappa shape index (κ1) is 27.5. The fourth-order valence-corrected chi connectivity index (χ4v) is 7.44. The van der Waals surface area contributed by atoms with Gasteiger partial charge in [-0.15, -0.1) is 0 Å². The molecule has 3 heteroatoms. The van der Waals surface area contributed by atoms with Crippen molar-refractivity contribution in [3.63, 3.8) is 0 Å². The molecule has 49 heavy (non-hydrogen) atoms. The first-order valence-electron chi connectivity index (χ1n) is 16.7. The van der Waals surface area contributed by atoms with Crippen molar-refractivity contribution in [2.24, 2.45) is 0 Å². The summed E-state index contributed by atoms with van der Waals surface area (Å²) in [5.41, 5.74) is 8.32. The van der Waals surface area contributed by atoms with Gasteiger partial charge in [-0.1, -0.05) is 140 Å². The Balaban J connectivity index is 1.21. The van der Waals surface area contributed by atoms with Gasteiger partial charge in [0.05, 0.1) is 22.4 Å². The summed E-state index contributed by atoms with van der Waals surface area (Å²) >= 11 is 0. The van der Waals surface area contributed by atoms with Gasteiger partial charge in [0.25, 0.3) is 0 Å². The second kappa shape index (κ2) is 11.0. The molecule has 0 aliphatic heterocycles. The van der Waals surface area contributed by atoms with Crippen molar-refractivity contribution >= 4 is 54.1 Å². The van der Waals surface area contributed by atoms with E-state index in [0.29, 0.717) is 5.82 Å². The third-order valence-electron chi connectivity index (χ3n) is 9.75. The molecule has 8 aromatic carbocycles. The molecule has 0 fully saturated rings. The van der Waals surface area contributed by atoms with Crippen LogP contribution in [0.2, 0.25) is 0 Å². The summed E-state index contributed by atoms with van der Waals surface area (Å²) in [5, 5.41) is 9.95. The average molecular weight is 624 g/mol. The van der Waals surface area contributed by atoms with Crippen molar-refractivity contribution in [3.05, 3.63) is 176 Å². The topological polar surface area (TPSA) is 30.7 Å². The largest absolute Gasteiger partial charge is 0.309 e. The fraction of sp³-hybridized carbons (Fsp3) is 0. The number of hydrogen-bond acceptors (Lipinski definition) is 2. The quantitative estimate of drug-likeness (QED) is 0.195. The minimum atomic E-state index is 0.697. The molecule has 0 bridgehead atoms. The van der Waals surface area contributed by atoms with Gasteiger partial charge in [0.15, 0.2) is 5.82 Å². The fourth-order valence-electron chi connectivity index (χ4n) is 7.44. The van der Waals surface area contributed by atoms with E-state index < -0.39 is 0 Å². The number of benzene rings is 8. The molecular formula is C46H29N3. The Morgan fingerprint density at radius 3 is 1.59 bits per heavy atom. The molecular weight excluding hydrogens is 595 g/mol. The van der Waals surface area contributed by atoms with Gasteiger partial charge in [-0.05, 0) is 68.7 Å². The van der Waals surface area contributed by atoms with E-state index >= 15 is 0 Å². The average Bonchev–Trinajstić information content (AvgIpc) is 3.53. The van der Waals surface area contributed by atoms with Gasteiger partial charge < -0.3 is 4.57 Å². The van der Waals surface area contributed by atoms with Crippen molar-refractivity contribution < 1.29 is 0 Å². The minimum absolute atomic E-state index is 0.697. The van der Waals surface area contributed by atoms with Crippen LogP contribution >= 0.6 is 0 Å². The predicted molar refractivity (Wildman–Crippen MR) is 205 cm³/mol. The van der Waals surface area contributed by atoms with Crippen LogP contribution in [0.1, 0.15) is 0 Å². The van der Waals surface area contributed by atoms with Crippen LogP contribution in [0.4, 0.5) is 0 Å². The first-order chi connectivity index (χ1) is 24.3. The summed E-state index contributed by atoms with van der Waals surface area (Å²) < 4.78 is 2.40. The molecule has 2 heterocycles. The van der Waals surface area contributed by atoms with Crippen molar-refractivity contribution in [2.45, 2.75) is 0 Å². The smallest absolute Gasteiger partial charge is 0.160 e.